The second-order valence-electron chi connectivity index (χ2n) is 5.24. The second-order valence-corrected chi connectivity index (χ2v) is 5.24. The summed E-state index contributed by atoms with van der Waals surface area (Å²) in [6.45, 7) is 2.65. The zero-order valence-electron chi connectivity index (χ0n) is 12.4. The summed E-state index contributed by atoms with van der Waals surface area (Å²) in [7, 11) is 0. The summed E-state index contributed by atoms with van der Waals surface area (Å²) in [5.74, 6) is 0.165. The third-order valence-electron chi connectivity index (χ3n) is 3.69. The van der Waals surface area contributed by atoms with Gasteiger partial charge in [0.25, 0.3) is 0 Å². The highest BCUT2D eigenvalue weighted by molar-refractivity contribution is 5.85. The number of carbonyl (C=O) groups is 1. The number of hydrogen-bond donors (Lipinski definition) is 1. The fourth-order valence-corrected chi connectivity index (χ4v) is 2.55. The standard InChI is InChI=1S/C16H24N2O2.ClH/c17-9-11-18(10-8-14-5-2-1-3-6-14)16(19)13-15-7-4-12-20-15;/h1-3,5-6,15H,4,7-13,17H2;1H. The Morgan fingerprint density at radius 3 is 2.67 bits per heavy atom. The summed E-state index contributed by atoms with van der Waals surface area (Å²) in [4.78, 5) is 14.2. The largest absolute Gasteiger partial charge is 0.378 e. The lowest BCUT2D eigenvalue weighted by atomic mass is 10.1. The highest BCUT2D eigenvalue weighted by atomic mass is 35.5. The summed E-state index contributed by atoms with van der Waals surface area (Å²) in [6.07, 6.45) is 3.55. The first-order chi connectivity index (χ1) is 9.79. The predicted octanol–water partition coefficient (Wildman–Crippen LogP) is 2.01. The Labute approximate surface area is 133 Å². The number of ether oxygens (including phenoxy) is 1. The quantitative estimate of drug-likeness (QED) is 0.838. The van der Waals surface area contributed by atoms with Gasteiger partial charge < -0.3 is 15.4 Å². The van der Waals surface area contributed by atoms with Crippen molar-refractivity contribution in [3.8, 4) is 0 Å². The van der Waals surface area contributed by atoms with Crippen molar-refractivity contribution >= 4 is 18.3 Å². The average Bonchev–Trinajstić information content (AvgIpc) is 2.97. The van der Waals surface area contributed by atoms with E-state index >= 15 is 0 Å². The van der Waals surface area contributed by atoms with E-state index in [0.717, 1.165) is 32.4 Å². The number of rotatable bonds is 7. The van der Waals surface area contributed by atoms with Crippen molar-refractivity contribution in [3.63, 3.8) is 0 Å². The third-order valence-corrected chi connectivity index (χ3v) is 3.69. The Morgan fingerprint density at radius 1 is 1.29 bits per heavy atom. The molecule has 4 nitrogen and oxygen atoms in total. The first-order valence-electron chi connectivity index (χ1n) is 7.43. The molecule has 2 N–H and O–H groups in total. The molecule has 1 heterocycles. The van der Waals surface area contributed by atoms with Gasteiger partial charge in [0.05, 0.1) is 12.5 Å². The van der Waals surface area contributed by atoms with Crippen molar-refractivity contribution in [1.82, 2.24) is 4.90 Å². The highest BCUT2D eigenvalue weighted by Gasteiger charge is 2.22. The molecular weight excluding hydrogens is 288 g/mol. The minimum Gasteiger partial charge on any atom is -0.378 e. The Morgan fingerprint density at radius 2 is 2.05 bits per heavy atom. The molecule has 1 amide bonds. The van der Waals surface area contributed by atoms with Gasteiger partial charge in [0.2, 0.25) is 5.91 Å². The van der Waals surface area contributed by atoms with E-state index in [2.05, 4.69) is 12.1 Å². The number of nitrogens with zero attached hydrogens (tertiary/aromatic N) is 1. The number of hydrogen-bond acceptors (Lipinski definition) is 3. The van der Waals surface area contributed by atoms with Crippen LogP contribution in [-0.4, -0.2) is 43.2 Å². The van der Waals surface area contributed by atoms with Crippen LogP contribution in [0.5, 0.6) is 0 Å². The van der Waals surface area contributed by atoms with Crippen LogP contribution < -0.4 is 5.73 Å². The maximum absolute atomic E-state index is 12.3. The molecule has 2 rings (SSSR count). The van der Waals surface area contributed by atoms with E-state index in [4.69, 9.17) is 10.5 Å². The lowest BCUT2D eigenvalue weighted by Crippen LogP contribution is -2.38. The van der Waals surface area contributed by atoms with Gasteiger partial charge in [-0.25, -0.2) is 0 Å². The van der Waals surface area contributed by atoms with E-state index in [1.807, 2.05) is 23.1 Å². The van der Waals surface area contributed by atoms with Gasteiger partial charge in [-0.2, -0.15) is 0 Å². The molecule has 5 heteroatoms. The van der Waals surface area contributed by atoms with Gasteiger partial charge in [0, 0.05) is 26.2 Å². The molecule has 0 spiro atoms. The summed E-state index contributed by atoms with van der Waals surface area (Å²) in [6, 6.07) is 10.2. The zero-order chi connectivity index (χ0) is 14.2. The van der Waals surface area contributed by atoms with E-state index < -0.39 is 0 Å². The molecule has 0 aliphatic carbocycles. The summed E-state index contributed by atoms with van der Waals surface area (Å²) >= 11 is 0. The molecule has 1 atom stereocenters. The predicted molar refractivity (Wildman–Crippen MR) is 86.6 cm³/mol. The molecule has 1 unspecified atom stereocenters. The van der Waals surface area contributed by atoms with Crippen LogP contribution >= 0.6 is 12.4 Å². The van der Waals surface area contributed by atoms with Gasteiger partial charge in [-0.05, 0) is 24.8 Å². The van der Waals surface area contributed by atoms with Crippen molar-refractivity contribution in [3.05, 3.63) is 35.9 Å². The van der Waals surface area contributed by atoms with E-state index in [9.17, 15) is 4.79 Å². The molecule has 0 radical (unpaired) electrons. The monoisotopic (exact) mass is 312 g/mol. The molecule has 1 fully saturated rings. The Bertz CT molecular complexity index is 408. The smallest absolute Gasteiger partial charge is 0.225 e. The molecule has 0 saturated carbocycles. The zero-order valence-corrected chi connectivity index (χ0v) is 13.2. The average molecular weight is 313 g/mol. The van der Waals surface area contributed by atoms with Gasteiger partial charge in [-0.3, -0.25) is 4.79 Å². The minimum absolute atomic E-state index is 0. The normalized spacial score (nSPS) is 17.3. The van der Waals surface area contributed by atoms with Crippen LogP contribution in [0.4, 0.5) is 0 Å². The maximum Gasteiger partial charge on any atom is 0.225 e. The first kappa shape index (κ1) is 18.0. The van der Waals surface area contributed by atoms with E-state index in [1.54, 1.807) is 0 Å². The van der Waals surface area contributed by atoms with Crippen LogP contribution in [0.25, 0.3) is 0 Å². The number of benzene rings is 1. The summed E-state index contributed by atoms with van der Waals surface area (Å²) < 4.78 is 5.54. The van der Waals surface area contributed by atoms with E-state index in [0.29, 0.717) is 19.5 Å². The second kappa shape index (κ2) is 9.77. The lowest BCUT2D eigenvalue weighted by molar-refractivity contribution is -0.133. The van der Waals surface area contributed by atoms with Crippen LogP contribution in [0.2, 0.25) is 0 Å². The molecule has 1 saturated heterocycles. The van der Waals surface area contributed by atoms with Crippen molar-refractivity contribution in [2.24, 2.45) is 5.73 Å². The van der Waals surface area contributed by atoms with Crippen molar-refractivity contribution in [2.75, 3.05) is 26.2 Å². The molecule has 1 aliphatic rings. The van der Waals surface area contributed by atoms with Gasteiger partial charge >= 0.3 is 0 Å². The third kappa shape index (κ3) is 6.04. The van der Waals surface area contributed by atoms with Crippen molar-refractivity contribution in [1.29, 1.82) is 0 Å². The fourth-order valence-electron chi connectivity index (χ4n) is 2.55. The molecule has 118 valence electrons. The minimum atomic E-state index is 0. The Hall–Kier alpha value is -1.10. The number of amides is 1. The number of carbonyl (C=O) groups excluding carboxylic acids is 1. The summed E-state index contributed by atoms with van der Waals surface area (Å²) in [5, 5.41) is 0. The summed E-state index contributed by atoms with van der Waals surface area (Å²) in [5.41, 5.74) is 6.87. The maximum atomic E-state index is 12.3. The molecule has 1 aliphatic heterocycles. The Kier molecular flexibility index (Phi) is 8.35. The number of nitrogens with two attached hydrogens (primary N) is 1. The molecule has 1 aromatic carbocycles. The van der Waals surface area contributed by atoms with Crippen LogP contribution in [-0.2, 0) is 16.0 Å². The van der Waals surface area contributed by atoms with Crippen LogP contribution in [0.1, 0.15) is 24.8 Å². The van der Waals surface area contributed by atoms with Gasteiger partial charge in [-0.1, -0.05) is 30.3 Å². The molecule has 21 heavy (non-hydrogen) atoms. The molecule has 0 aromatic heterocycles. The van der Waals surface area contributed by atoms with Crippen molar-refractivity contribution < 1.29 is 9.53 Å². The van der Waals surface area contributed by atoms with Gasteiger partial charge in [0.1, 0.15) is 0 Å². The molecular formula is C16H25ClN2O2. The van der Waals surface area contributed by atoms with Crippen molar-refractivity contribution in [2.45, 2.75) is 31.8 Å². The first-order valence-corrected chi connectivity index (χ1v) is 7.43. The van der Waals surface area contributed by atoms with Crippen LogP contribution in [0.3, 0.4) is 0 Å². The van der Waals surface area contributed by atoms with Crippen LogP contribution in [0, 0.1) is 0 Å². The highest BCUT2D eigenvalue weighted by Crippen LogP contribution is 2.16. The topological polar surface area (TPSA) is 55.6 Å². The van der Waals surface area contributed by atoms with Gasteiger partial charge in [0.15, 0.2) is 0 Å². The SMILES string of the molecule is Cl.NCCN(CCc1ccccc1)C(=O)CC1CCCO1. The lowest BCUT2D eigenvalue weighted by Gasteiger charge is -2.23. The molecule has 0 bridgehead atoms. The molecule has 1 aromatic rings. The van der Waals surface area contributed by atoms with Gasteiger partial charge in [-0.15, -0.1) is 12.4 Å². The number of halogens is 1. The van der Waals surface area contributed by atoms with E-state index in [1.165, 1.54) is 5.56 Å². The fraction of sp³-hybridized carbons (Fsp3) is 0.562. The van der Waals surface area contributed by atoms with Crippen LogP contribution in [0.15, 0.2) is 30.3 Å². The Balaban J connectivity index is 0.00000220. The van der Waals surface area contributed by atoms with E-state index in [-0.39, 0.29) is 24.4 Å².